The average molecular weight is 322 g/mol. The number of hydrogen-bond acceptors (Lipinski definition) is 4. The van der Waals surface area contributed by atoms with Crippen molar-refractivity contribution in [3.8, 4) is 0 Å². The molecule has 1 unspecified atom stereocenters. The zero-order valence-corrected chi connectivity index (χ0v) is 14.8. The number of nitrogens with zero attached hydrogens (tertiary/aromatic N) is 1. The van der Waals surface area contributed by atoms with Crippen molar-refractivity contribution in [3.63, 3.8) is 0 Å². The number of carbonyl (C=O) groups excluding carboxylic acids is 1. The molecular weight excluding hydrogens is 292 g/mol. The highest BCUT2D eigenvalue weighted by Gasteiger charge is 2.34. The van der Waals surface area contributed by atoms with E-state index >= 15 is 0 Å². The first-order valence-electron chi connectivity index (χ1n) is 8.60. The molecule has 2 rings (SSSR count). The molecule has 1 aliphatic carbocycles. The first kappa shape index (κ1) is 17.9. The molecule has 0 spiro atoms. The molecule has 1 atom stereocenters. The van der Waals surface area contributed by atoms with Crippen LogP contribution in [-0.2, 0) is 11.2 Å². The van der Waals surface area contributed by atoms with E-state index in [0.717, 1.165) is 44.5 Å². The summed E-state index contributed by atoms with van der Waals surface area (Å²) in [4.78, 5) is 14.1. The van der Waals surface area contributed by atoms with Gasteiger partial charge in [-0.05, 0) is 65.6 Å². The molecule has 1 fully saturated rings. The van der Waals surface area contributed by atoms with E-state index in [4.69, 9.17) is 9.15 Å². The Morgan fingerprint density at radius 1 is 1.48 bits per heavy atom. The second kappa shape index (κ2) is 7.86. The standard InChI is InChI=1S/C18H30N2O3/c1-14(13-16-7-5-12-22-16)19-10-6-11-20(15-8-9-15)17(21)23-18(2,3)4/h5,7,12,14-15,19H,6,8-11,13H2,1-4H3. The van der Waals surface area contributed by atoms with Crippen LogP contribution in [0.4, 0.5) is 4.79 Å². The predicted molar refractivity (Wildman–Crippen MR) is 90.5 cm³/mol. The summed E-state index contributed by atoms with van der Waals surface area (Å²) < 4.78 is 10.9. The summed E-state index contributed by atoms with van der Waals surface area (Å²) in [5.74, 6) is 0.998. The zero-order chi connectivity index (χ0) is 16.9. The Bertz CT molecular complexity index is 475. The Morgan fingerprint density at radius 2 is 2.22 bits per heavy atom. The Labute approximate surface area is 139 Å². The van der Waals surface area contributed by atoms with Gasteiger partial charge < -0.3 is 19.4 Å². The molecule has 130 valence electrons. The van der Waals surface area contributed by atoms with Crippen molar-refractivity contribution in [1.29, 1.82) is 0 Å². The fourth-order valence-electron chi connectivity index (χ4n) is 2.53. The van der Waals surface area contributed by atoms with Crippen LogP contribution in [0, 0.1) is 0 Å². The fraction of sp³-hybridized carbons (Fsp3) is 0.722. The number of amides is 1. The molecule has 1 amide bonds. The van der Waals surface area contributed by atoms with Gasteiger partial charge in [-0.15, -0.1) is 0 Å². The molecule has 0 aromatic carbocycles. The molecule has 0 saturated heterocycles. The molecule has 5 heteroatoms. The van der Waals surface area contributed by atoms with Gasteiger partial charge in [-0.1, -0.05) is 0 Å². The first-order chi connectivity index (χ1) is 10.8. The van der Waals surface area contributed by atoms with Crippen LogP contribution in [0.25, 0.3) is 0 Å². The van der Waals surface area contributed by atoms with E-state index in [1.54, 1.807) is 6.26 Å². The minimum Gasteiger partial charge on any atom is -0.469 e. The maximum atomic E-state index is 12.3. The number of furan rings is 1. The summed E-state index contributed by atoms with van der Waals surface area (Å²) in [6.07, 6.45) is 5.53. The molecule has 1 saturated carbocycles. The van der Waals surface area contributed by atoms with Crippen LogP contribution in [0.1, 0.15) is 52.7 Å². The molecule has 1 heterocycles. The third kappa shape index (κ3) is 6.65. The quantitative estimate of drug-likeness (QED) is 0.743. The lowest BCUT2D eigenvalue weighted by atomic mass is 10.2. The largest absolute Gasteiger partial charge is 0.469 e. The van der Waals surface area contributed by atoms with Gasteiger partial charge in [0.15, 0.2) is 0 Å². The summed E-state index contributed by atoms with van der Waals surface area (Å²) in [7, 11) is 0. The lowest BCUT2D eigenvalue weighted by Gasteiger charge is -2.27. The molecule has 1 aromatic rings. The summed E-state index contributed by atoms with van der Waals surface area (Å²) in [5.41, 5.74) is -0.431. The molecule has 23 heavy (non-hydrogen) atoms. The van der Waals surface area contributed by atoms with E-state index in [1.165, 1.54) is 0 Å². The zero-order valence-electron chi connectivity index (χ0n) is 14.8. The summed E-state index contributed by atoms with van der Waals surface area (Å²) >= 11 is 0. The van der Waals surface area contributed by atoms with E-state index in [1.807, 2.05) is 37.8 Å². The predicted octanol–water partition coefficient (Wildman–Crippen LogP) is 3.59. The van der Waals surface area contributed by atoms with Crippen LogP contribution < -0.4 is 5.32 Å². The van der Waals surface area contributed by atoms with Gasteiger partial charge >= 0.3 is 6.09 Å². The summed E-state index contributed by atoms with van der Waals surface area (Å²) in [5, 5.41) is 3.48. The minimum absolute atomic E-state index is 0.177. The van der Waals surface area contributed by atoms with Crippen molar-refractivity contribution in [2.24, 2.45) is 0 Å². The van der Waals surface area contributed by atoms with Gasteiger partial charge in [0, 0.05) is 25.0 Å². The van der Waals surface area contributed by atoms with Crippen LogP contribution >= 0.6 is 0 Å². The molecule has 0 radical (unpaired) electrons. The second-order valence-corrected chi connectivity index (χ2v) is 7.40. The van der Waals surface area contributed by atoms with Crippen LogP contribution in [0.5, 0.6) is 0 Å². The third-order valence-electron chi connectivity index (χ3n) is 3.77. The summed E-state index contributed by atoms with van der Waals surface area (Å²) in [6.45, 7) is 9.51. The number of hydrogen-bond donors (Lipinski definition) is 1. The van der Waals surface area contributed by atoms with Crippen LogP contribution in [0.3, 0.4) is 0 Å². The molecule has 1 aliphatic rings. The van der Waals surface area contributed by atoms with E-state index < -0.39 is 5.60 Å². The van der Waals surface area contributed by atoms with Crippen molar-refractivity contribution < 1.29 is 13.9 Å². The molecule has 5 nitrogen and oxygen atoms in total. The van der Waals surface area contributed by atoms with Crippen molar-refractivity contribution in [1.82, 2.24) is 10.2 Å². The van der Waals surface area contributed by atoms with E-state index in [0.29, 0.717) is 12.1 Å². The van der Waals surface area contributed by atoms with E-state index in [-0.39, 0.29) is 6.09 Å². The van der Waals surface area contributed by atoms with E-state index in [9.17, 15) is 4.79 Å². The topological polar surface area (TPSA) is 54.7 Å². The maximum Gasteiger partial charge on any atom is 0.410 e. The lowest BCUT2D eigenvalue weighted by Crippen LogP contribution is -2.40. The first-order valence-corrected chi connectivity index (χ1v) is 8.60. The van der Waals surface area contributed by atoms with Crippen LogP contribution in [-0.4, -0.2) is 41.8 Å². The number of ether oxygens (including phenoxy) is 1. The number of carbonyl (C=O) groups is 1. The maximum absolute atomic E-state index is 12.3. The van der Waals surface area contributed by atoms with Gasteiger partial charge in [0.05, 0.1) is 6.26 Å². The van der Waals surface area contributed by atoms with Crippen molar-refractivity contribution in [2.75, 3.05) is 13.1 Å². The monoisotopic (exact) mass is 322 g/mol. The van der Waals surface area contributed by atoms with Crippen LogP contribution in [0.15, 0.2) is 22.8 Å². The molecule has 1 N–H and O–H groups in total. The Morgan fingerprint density at radius 3 is 2.78 bits per heavy atom. The van der Waals surface area contributed by atoms with Gasteiger partial charge in [0.25, 0.3) is 0 Å². The molecule has 0 bridgehead atoms. The van der Waals surface area contributed by atoms with Crippen molar-refractivity contribution >= 4 is 6.09 Å². The van der Waals surface area contributed by atoms with Gasteiger partial charge in [-0.2, -0.15) is 0 Å². The number of rotatable bonds is 8. The van der Waals surface area contributed by atoms with Crippen molar-refractivity contribution in [3.05, 3.63) is 24.2 Å². The summed E-state index contributed by atoms with van der Waals surface area (Å²) in [6, 6.07) is 4.65. The van der Waals surface area contributed by atoms with Gasteiger partial charge in [0.2, 0.25) is 0 Å². The molecule has 0 aliphatic heterocycles. The molecule has 1 aromatic heterocycles. The van der Waals surface area contributed by atoms with Gasteiger partial charge in [-0.25, -0.2) is 4.79 Å². The molecular formula is C18H30N2O3. The smallest absolute Gasteiger partial charge is 0.410 e. The second-order valence-electron chi connectivity index (χ2n) is 7.40. The highest BCUT2D eigenvalue weighted by atomic mass is 16.6. The van der Waals surface area contributed by atoms with Gasteiger partial charge in [-0.3, -0.25) is 0 Å². The highest BCUT2D eigenvalue weighted by Crippen LogP contribution is 2.28. The van der Waals surface area contributed by atoms with Crippen molar-refractivity contribution in [2.45, 2.75) is 71.1 Å². The lowest BCUT2D eigenvalue weighted by molar-refractivity contribution is 0.0232. The van der Waals surface area contributed by atoms with E-state index in [2.05, 4.69) is 12.2 Å². The minimum atomic E-state index is -0.431. The normalized spacial score (nSPS) is 16.2. The Kier molecular flexibility index (Phi) is 6.10. The average Bonchev–Trinajstić information content (AvgIpc) is 3.14. The SMILES string of the molecule is CC(Cc1ccco1)NCCCN(C(=O)OC(C)(C)C)C1CC1. The third-order valence-corrected chi connectivity index (χ3v) is 3.77. The number of nitrogens with one attached hydrogen (secondary N) is 1. The van der Waals surface area contributed by atoms with Gasteiger partial charge in [0.1, 0.15) is 11.4 Å². The fourth-order valence-corrected chi connectivity index (χ4v) is 2.53. The highest BCUT2D eigenvalue weighted by molar-refractivity contribution is 5.69. The Hall–Kier alpha value is -1.49. The Balaban J connectivity index is 1.67. The van der Waals surface area contributed by atoms with Crippen LogP contribution in [0.2, 0.25) is 0 Å².